The van der Waals surface area contributed by atoms with Gasteiger partial charge < -0.3 is 10.6 Å². The second-order valence-electron chi connectivity index (χ2n) is 3.96. The maximum atomic E-state index is 11.6. The van der Waals surface area contributed by atoms with Gasteiger partial charge in [-0.25, -0.2) is 0 Å². The number of carbonyl (C=O) groups is 1. The molecule has 2 N–H and O–H groups in total. The van der Waals surface area contributed by atoms with E-state index >= 15 is 0 Å². The summed E-state index contributed by atoms with van der Waals surface area (Å²) in [5, 5.41) is 5.93. The summed E-state index contributed by atoms with van der Waals surface area (Å²) < 4.78 is 0. The Morgan fingerprint density at radius 3 is 2.69 bits per heavy atom. The van der Waals surface area contributed by atoms with Crippen LogP contribution in [0.1, 0.15) is 26.5 Å². The molecule has 1 atom stereocenters. The lowest BCUT2D eigenvalue weighted by Gasteiger charge is -2.15. The van der Waals surface area contributed by atoms with Gasteiger partial charge in [0, 0.05) is 31.2 Å². The summed E-state index contributed by atoms with van der Waals surface area (Å²) in [6, 6.07) is -0.0716. The quantitative estimate of drug-likeness (QED) is 0.760. The molecule has 0 saturated heterocycles. The van der Waals surface area contributed by atoms with Crippen molar-refractivity contribution in [3.63, 3.8) is 0 Å². The fourth-order valence-corrected chi connectivity index (χ4v) is 1.18. The number of hydrogen-bond acceptors (Lipinski definition) is 4. The van der Waals surface area contributed by atoms with Crippen molar-refractivity contribution in [3.05, 3.63) is 24.3 Å². The summed E-state index contributed by atoms with van der Waals surface area (Å²) in [6.07, 6.45) is 4.94. The minimum atomic E-state index is -0.232. The highest BCUT2D eigenvalue weighted by molar-refractivity contribution is 5.81. The van der Waals surface area contributed by atoms with Crippen molar-refractivity contribution in [3.8, 4) is 0 Å². The van der Waals surface area contributed by atoms with Crippen molar-refractivity contribution in [2.75, 3.05) is 0 Å². The van der Waals surface area contributed by atoms with Crippen LogP contribution in [-0.4, -0.2) is 28.0 Å². The van der Waals surface area contributed by atoms with E-state index in [-0.39, 0.29) is 18.0 Å². The van der Waals surface area contributed by atoms with E-state index in [4.69, 9.17) is 0 Å². The summed E-state index contributed by atoms with van der Waals surface area (Å²) in [6.45, 7) is 6.25. The van der Waals surface area contributed by atoms with Gasteiger partial charge in [0.15, 0.2) is 0 Å². The van der Waals surface area contributed by atoms with Crippen LogP contribution in [0.25, 0.3) is 0 Å². The van der Waals surface area contributed by atoms with Crippen LogP contribution in [0.5, 0.6) is 0 Å². The van der Waals surface area contributed by atoms with Gasteiger partial charge in [-0.15, -0.1) is 0 Å². The largest absolute Gasteiger partial charge is 0.353 e. The third kappa shape index (κ3) is 4.35. The Bertz CT molecular complexity index is 326. The van der Waals surface area contributed by atoms with Gasteiger partial charge in [-0.1, -0.05) is 0 Å². The molecule has 0 radical (unpaired) electrons. The smallest absolute Gasteiger partial charge is 0.237 e. The van der Waals surface area contributed by atoms with Gasteiger partial charge in [-0.2, -0.15) is 0 Å². The van der Waals surface area contributed by atoms with Crippen LogP contribution in [0.4, 0.5) is 0 Å². The van der Waals surface area contributed by atoms with Crippen LogP contribution in [0.2, 0.25) is 0 Å². The zero-order chi connectivity index (χ0) is 12.0. The van der Waals surface area contributed by atoms with Crippen molar-refractivity contribution in [1.29, 1.82) is 0 Å². The predicted molar refractivity (Wildman–Crippen MR) is 61.6 cm³/mol. The van der Waals surface area contributed by atoms with E-state index in [9.17, 15) is 4.79 Å². The van der Waals surface area contributed by atoms with Gasteiger partial charge in [0.05, 0.1) is 11.7 Å². The third-order valence-electron chi connectivity index (χ3n) is 2.03. The molecule has 0 aromatic carbocycles. The van der Waals surface area contributed by atoms with Crippen molar-refractivity contribution in [1.82, 2.24) is 20.6 Å². The number of carbonyl (C=O) groups excluding carboxylic acids is 1. The van der Waals surface area contributed by atoms with Gasteiger partial charge in [-0.3, -0.25) is 14.8 Å². The van der Waals surface area contributed by atoms with Gasteiger partial charge in [-0.05, 0) is 20.8 Å². The molecule has 1 unspecified atom stereocenters. The van der Waals surface area contributed by atoms with Crippen LogP contribution in [0.15, 0.2) is 18.6 Å². The number of rotatable bonds is 5. The van der Waals surface area contributed by atoms with Crippen molar-refractivity contribution >= 4 is 5.91 Å². The first-order chi connectivity index (χ1) is 7.59. The van der Waals surface area contributed by atoms with E-state index in [1.54, 1.807) is 18.6 Å². The lowest BCUT2D eigenvalue weighted by Crippen LogP contribution is -2.44. The van der Waals surface area contributed by atoms with Crippen molar-refractivity contribution in [2.24, 2.45) is 0 Å². The zero-order valence-electron chi connectivity index (χ0n) is 9.90. The highest BCUT2D eigenvalue weighted by Gasteiger charge is 2.12. The number of amides is 1. The van der Waals surface area contributed by atoms with E-state index in [1.165, 1.54) is 0 Å². The zero-order valence-corrected chi connectivity index (χ0v) is 9.90. The van der Waals surface area contributed by atoms with Gasteiger partial charge in [0.25, 0.3) is 0 Å². The molecule has 0 bridgehead atoms. The molecule has 0 saturated carbocycles. The van der Waals surface area contributed by atoms with Gasteiger partial charge in [0.2, 0.25) is 5.91 Å². The minimum absolute atomic E-state index is 0.00103. The molecule has 0 aliphatic heterocycles. The number of nitrogens with one attached hydrogen (secondary N) is 2. The highest BCUT2D eigenvalue weighted by atomic mass is 16.2. The normalized spacial score (nSPS) is 12.5. The van der Waals surface area contributed by atoms with Crippen molar-refractivity contribution < 1.29 is 4.79 Å². The number of nitrogens with zero attached hydrogens (tertiary/aromatic N) is 2. The van der Waals surface area contributed by atoms with E-state index < -0.39 is 0 Å². The molecule has 88 valence electrons. The molecule has 1 aromatic heterocycles. The standard InChI is InChI=1S/C11H18N4O/c1-8(2)15-11(16)9(3)14-7-10-6-12-4-5-13-10/h4-6,8-9,14H,7H2,1-3H3,(H,15,16). The first-order valence-electron chi connectivity index (χ1n) is 5.38. The van der Waals surface area contributed by atoms with Gasteiger partial charge in [0.1, 0.15) is 0 Å². The van der Waals surface area contributed by atoms with Crippen LogP contribution >= 0.6 is 0 Å². The monoisotopic (exact) mass is 222 g/mol. The molecular weight excluding hydrogens is 204 g/mol. The van der Waals surface area contributed by atoms with Crippen LogP contribution in [0, 0.1) is 0 Å². The maximum absolute atomic E-state index is 11.6. The Hall–Kier alpha value is -1.49. The molecule has 0 fully saturated rings. The van der Waals surface area contributed by atoms with E-state index in [0.29, 0.717) is 6.54 Å². The average Bonchev–Trinajstić information content (AvgIpc) is 2.26. The molecule has 0 aliphatic rings. The Morgan fingerprint density at radius 1 is 1.38 bits per heavy atom. The van der Waals surface area contributed by atoms with Crippen LogP contribution < -0.4 is 10.6 Å². The minimum Gasteiger partial charge on any atom is -0.353 e. The molecule has 1 rings (SSSR count). The third-order valence-corrected chi connectivity index (χ3v) is 2.03. The first-order valence-corrected chi connectivity index (χ1v) is 5.38. The summed E-state index contributed by atoms with van der Waals surface area (Å²) in [5.74, 6) is -0.00103. The Morgan fingerprint density at radius 2 is 2.12 bits per heavy atom. The molecule has 0 spiro atoms. The fraction of sp³-hybridized carbons (Fsp3) is 0.545. The van der Waals surface area contributed by atoms with E-state index in [0.717, 1.165) is 5.69 Å². The summed E-state index contributed by atoms with van der Waals surface area (Å²) in [4.78, 5) is 19.6. The lowest BCUT2D eigenvalue weighted by molar-refractivity contribution is -0.123. The van der Waals surface area contributed by atoms with Crippen molar-refractivity contribution in [2.45, 2.75) is 39.4 Å². The SMILES string of the molecule is CC(C)NC(=O)C(C)NCc1cnccn1. The predicted octanol–water partition coefficient (Wildman–Crippen LogP) is 0.479. The average molecular weight is 222 g/mol. The molecule has 0 aliphatic carbocycles. The Balaban J connectivity index is 2.35. The summed E-state index contributed by atoms with van der Waals surface area (Å²) in [5.41, 5.74) is 0.826. The molecule has 16 heavy (non-hydrogen) atoms. The Labute approximate surface area is 95.7 Å². The van der Waals surface area contributed by atoms with E-state index in [2.05, 4.69) is 20.6 Å². The first kappa shape index (κ1) is 12.6. The topological polar surface area (TPSA) is 66.9 Å². The lowest BCUT2D eigenvalue weighted by atomic mass is 10.2. The second kappa shape index (κ2) is 6.17. The molecule has 5 heteroatoms. The van der Waals surface area contributed by atoms with E-state index in [1.807, 2.05) is 20.8 Å². The Kier molecular flexibility index (Phi) is 4.85. The number of hydrogen-bond donors (Lipinski definition) is 2. The van der Waals surface area contributed by atoms with Crippen LogP contribution in [0.3, 0.4) is 0 Å². The highest BCUT2D eigenvalue weighted by Crippen LogP contribution is 1.92. The summed E-state index contributed by atoms with van der Waals surface area (Å²) >= 11 is 0. The molecule has 1 aromatic rings. The molecule has 1 heterocycles. The summed E-state index contributed by atoms with van der Waals surface area (Å²) in [7, 11) is 0. The van der Waals surface area contributed by atoms with Gasteiger partial charge >= 0.3 is 0 Å². The maximum Gasteiger partial charge on any atom is 0.237 e. The fourth-order valence-electron chi connectivity index (χ4n) is 1.18. The molecule has 5 nitrogen and oxygen atoms in total. The van der Waals surface area contributed by atoms with Crippen LogP contribution in [-0.2, 0) is 11.3 Å². The number of aromatic nitrogens is 2. The molecule has 1 amide bonds. The second-order valence-corrected chi connectivity index (χ2v) is 3.96. The molecular formula is C11H18N4O.